The molecule has 2 N–H and O–H groups in total. The predicted molar refractivity (Wildman–Crippen MR) is 74.1 cm³/mol. The smallest absolute Gasteiger partial charge is 0.255 e. The molecular weight excluding hydrogens is 242 g/mol. The number of likely N-dealkylation sites (tertiary alicyclic amines) is 1. The molecular formula is C14H21N3O2. The first kappa shape index (κ1) is 13.8. The molecule has 0 saturated carbocycles. The van der Waals surface area contributed by atoms with Crippen LogP contribution in [-0.2, 0) is 0 Å². The van der Waals surface area contributed by atoms with Crippen LogP contribution in [0.5, 0.6) is 0 Å². The van der Waals surface area contributed by atoms with E-state index in [4.69, 9.17) is 0 Å². The average molecular weight is 263 g/mol. The third-order valence-corrected chi connectivity index (χ3v) is 3.78. The number of hydrogen-bond acceptors (Lipinski definition) is 4. The van der Waals surface area contributed by atoms with Gasteiger partial charge in [-0.15, -0.1) is 0 Å². The molecule has 1 aromatic heterocycles. The molecule has 1 atom stereocenters. The molecule has 1 aliphatic heterocycles. The molecule has 104 valence electrons. The first-order valence-electron chi connectivity index (χ1n) is 6.73. The number of aromatic nitrogens is 1. The number of carbonyl (C=O) groups excluding carboxylic acids is 1. The van der Waals surface area contributed by atoms with E-state index < -0.39 is 0 Å². The van der Waals surface area contributed by atoms with E-state index in [2.05, 4.69) is 10.3 Å². The molecule has 1 aromatic rings. The number of piperidine rings is 1. The van der Waals surface area contributed by atoms with Gasteiger partial charge in [-0.05, 0) is 37.8 Å². The second-order valence-corrected chi connectivity index (χ2v) is 5.05. The summed E-state index contributed by atoms with van der Waals surface area (Å²) in [5.41, 5.74) is 0.620. The van der Waals surface area contributed by atoms with Gasteiger partial charge in [0.15, 0.2) is 0 Å². The minimum absolute atomic E-state index is 0.0270. The predicted octanol–water partition coefficient (Wildman–Crippen LogP) is 1.36. The van der Waals surface area contributed by atoms with Crippen molar-refractivity contribution in [2.45, 2.75) is 25.9 Å². The lowest BCUT2D eigenvalue weighted by atomic mass is 9.92. The molecule has 1 unspecified atom stereocenters. The summed E-state index contributed by atoms with van der Waals surface area (Å²) in [7, 11) is 1.80. The Balaban J connectivity index is 1.97. The third kappa shape index (κ3) is 3.23. The van der Waals surface area contributed by atoms with Crippen LogP contribution in [-0.4, -0.2) is 47.1 Å². The Morgan fingerprint density at radius 2 is 2.16 bits per heavy atom. The molecule has 5 nitrogen and oxygen atoms in total. The van der Waals surface area contributed by atoms with Crippen molar-refractivity contribution in [1.82, 2.24) is 9.88 Å². The summed E-state index contributed by atoms with van der Waals surface area (Å²) in [6.45, 7) is 3.24. The number of anilines is 1. The zero-order valence-electron chi connectivity index (χ0n) is 11.5. The fourth-order valence-electron chi connectivity index (χ4n) is 2.44. The van der Waals surface area contributed by atoms with Crippen molar-refractivity contribution in [2.75, 3.05) is 25.5 Å². The first-order chi connectivity index (χ1) is 9.11. The highest BCUT2D eigenvalue weighted by molar-refractivity contribution is 5.94. The van der Waals surface area contributed by atoms with E-state index in [1.807, 2.05) is 11.8 Å². The van der Waals surface area contributed by atoms with E-state index in [1.54, 1.807) is 25.4 Å². The minimum Gasteiger partial charge on any atom is -0.393 e. The average Bonchev–Trinajstić information content (AvgIpc) is 2.46. The van der Waals surface area contributed by atoms with Crippen molar-refractivity contribution < 1.29 is 9.90 Å². The summed E-state index contributed by atoms with van der Waals surface area (Å²) >= 11 is 0. The van der Waals surface area contributed by atoms with Crippen molar-refractivity contribution in [1.29, 1.82) is 0 Å². The van der Waals surface area contributed by atoms with E-state index in [0.717, 1.165) is 18.7 Å². The Bertz CT molecular complexity index is 423. The third-order valence-electron chi connectivity index (χ3n) is 3.78. The Morgan fingerprint density at radius 3 is 2.63 bits per heavy atom. The van der Waals surface area contributed by atoms with Crippen LogP contribution in [0, 0.1) is 5.92 Å². The van der Waals surface area contributed by atoms with E-state index in [9.17, 15) is 9.90 Å². The summed E-state index contributed by atoms with van der Waals surface area (Å²) in [4.78, 5) is 18.3. The van der Waals surface area contributed by atoms with Crippen LogP contribution < -0.4 is 5.32 Å². The van der Waals surface area contributed by atoms with E-state index in [0.29, 0.717) is 24.6 Å². The maximum Gasteiger partial charge on any atom is 0.255 e. The van der Waals surface area contributed by atoms with E-state index in [-0.39, 0.29) is 12.0 Å². The van der Waals surface area contributed by atoms with Crippen LogP contribution in [0.4, 0.5) is 5.82 Å². The van der Waals surface area contributed by atoms with Gasteiger partial charge < -0.3 is 15.3 Å². The summed E-state index contributed by atoms with van der Waals surface area (Å²) in [5, 5.41) is 12.5. The number of carbonyl (C=O) groups is 1. The molecule has 1 amide bonds. The molecule has 2 heterocycles. The van der Waals surface area contributed by atoms with Gasteiger partial charge >= 0.3 is 0 Å². The SMILES string of the molecule is CNc1ccc(C(=O)N2CCC(C(C)O)CC2)cn1. The summed E-state index contributed by atoms with van der Waals surface area (Å²) in [5.74, 6) is 1.09. The van der Waals surface area contributed by atoms with Crippen molar-refractivity contribution in [3.8, 4) is 0 Å². The monoisotopic (exact) mass is 263 g/mol. The second-order valence-electron chi connectivity index (χ2n) is 5.05. The second kappa shape index (κ2) is 6.02. The van der Waals surface area contributed by atoms with Crippen LogP contribution >= 0.6 is 0 Å². The number of rotatable bonds is 3. The maximum absolute atomic E-state index is 12.3. The lowest BCUT2D eigenvalue weighted by molar-refractivity contribution is 0.0521. The van der Waals surface area contributed by atoms with Gasteiger partial charge in [0.2, 0.25) is 0 Å². The van der Waals surface area contributed by atoms with E-state index in [1.165, 1.54) is 0 Å². The number of aliphatic hydroxyl groups excluding tert-OH is 1. The molecule has 0 aliphatic carbocycles. The van der Waals surface area contributed by atoms with Gasteiger partial charge in [0.05, 0.1) is 11.7 Å². The van der Waals surface area contributed by atoms with Crippen molar-refractivity contribution in [2.24, 2.45) is 5.92 Å². The number of aliphatic hydroxyl groups is 1. The Morgan fingerprint density at radius 1 is 1.47 bits per heavy atom. The molecule has 0 bridgehead atoms. The maximum atomic E-state index is 12.3. The molecule has 2 rings (SSSR count). The summed E-state index contributed by atoms with van der Waals surface area (Å²) in [6, 6.07) is 3.59. The number of amides is 1. The number of hydrogen-bond donors (Lipinski definition) is 2. The molecule has 1 aliphatic rings. The highest BCUT2D eigenvalue weighted by atomic mass is 16.3. The quantitative estimate of drug-likeness (QED) is 0.864. The fraction of sp³-hybridized carbons (Fsp3) is 0.571. The normalized spacial score (nSPS) is 18.2. The largest absolute Gasteiger partial charge is 0.393 e. The molecule has 0 spiro atoms. The van der Waals surface area contributed by atoms with Crippen molar-refractivity contribution in [3.63, 3.8) is 0 Å². The Labute approximate surface area is 113 Å². The topological polar surface area (TPSA) is 65.5 Å². The van der Waals surface area contributed by atoms with Crippen LogP contribution in [0.1, 0.15) is 30.1 Å². The Kier molecular flexibility index (Phi) is 4.37. The van der Waals surface area contributed by atoms with Gasteiger partial charge in [-0.3, -0.25) is 4.79 Å². The van der Waals surface area contributed by atoms with Gasteiger partial charge in [-0.1, -0.05) is 0 Å². The lowest BCUT2D eigenvalue weighted by Gasteiger charge is -2.33. The van der Waals surface area contributed by atoms with Crippen molar-refractivity contribution in [3.05, 3.63) is 23.9 Å². The molecule has 5 heteroatoms. The zero-order chi connectivity index (χ0) is 13.8. The summed E-state index contributed by atoms with van der Waals surface area (Å²) in [6.07, 6.45) is 3.06. The number of pyridine rings is 1. The van der Waals surface area contributed by atoms with Crippen LogP contribution in [0.25, 0.3) is 0 Å². The minimum atomic E-state index is -0.283. The fourth-order valence-corrected chi connectivity index (χ4v) is 2.44. The van der Waals surface area contributed by atoms with Gasteiger partial charge in [0.1, 0.15) is 5.82 Å². The molecule has 0 radical (unpaired) electrons. The first-order valence-corrected chi connectivity index (χ1v) is 6.73. The van der Waals surface area contributed by atoms with Gasteiger partial charge in [0, 0.05) is 26.3 Å². The summed E-state index contributed by atoms with van der Waals surface area (Å²) < 4.78 is 0. The van der Waals surface area contributed by atoms with E-state index >= 15 is 0 Å². The zero-order valence-corrected chi connectivity index (χ0v) is 11.5. The molecule has 0 aromatic carbocycles. The van der Waals surface area contributed by atoms with Crippen LogP contribution in [0.15, 0.2) is 18.3 Å². The lowest BCUT2D eigenvalue weighted by Crippen LogP contribution is -2.40. The molecule has 19 heavy (non-hydrogen) atoms. The highest BCUT2D eigenvalue weighted by Crippen LogP contribution is 2.21. The van der Waals surface area contributed by atoms with Crippen molar-refractivity contribution >= 4 is 11.7 Å². The number of nitrogens with one attached hydrogen (secondary N) is 1. The molecule has 1 saturated heterocycles. The van der Waals surface area contributed by atoms with Crippen LogP contribution in [0.3, 0.4) is 0 Å². The van der Waals surface area contributed by atoms with Crippen LogP contribution in [0.2, 0.25) is 0 Å². The number of nitrogens with zero attached hydrogens (tertiary/aromatic N) is 2. The standard InChI is InChI=1S/C14H21N3O2/c1-10(18)11-5-7-17(8-6-11)14(19)12-3-4-13(15-2)16-9-12/h3-4,9-11,18H,5-8H2,1-2H3,(H,15,16). The Hall–Kier alpha value is -1.62. The van der Waals surface area contributed by atoms with Gasteiger partial charge in [-0.2, -0.15) is 0 Å². The highest BCUT2D eigenvalue weighted by Gasteiger charge is 2.26. The van der Waals surface area contributed by atoms with Gasteiger partial charge in [-0.25, -0.2) is 4.98 Å². The van der Waals surface area contributed by atoms with Gasteiger partial charge in [0.25, 0.3) is 5.91 Å². The molecule has 1 fully saturated rings.